The minimum Gasteiger partial charge on any atom is -0.394 e. The number of carbonyl (C=O) groups excluding carboxylic acids is 1. The summed E-state index contributed by atoms with van der Waals surface area (Å²) in [7, 11) is 1.43. The van der Waals surface area contributed by atoms with Gasteiger partial charge in [0.15, 0.2) is 16.3 Å². The molecule has 2 heterocycles. The fraction of sp³-hybridized carbons (Fsp3) is 0.455. The lowest BCUT2D eigenvalue weighted by Gasteiger charge is -2.08. The van der Waals surface area contributed by atoms with Gasteiger partial charge in [-0.15, -0.1) is 0 Å². The molecule has 0 bridgehead atoms. The van der Waals surface area contributed by atoms with Gasteiger partial charge in [0.1, 0.15) is 6.54 Å². The Morgan fingerprint density at radius 2 is 2.18 bits per heavy atom. The predicted molar refractivity (Wildman–Crippen MR) is 78.6 cm³/mol. The third kappa shape index (κ3) is 3.05. The molecule has 0 spiro atoms. The molecule has 2 aromatic rings. The van der Waals surface area contributed by atoms with Gasteiger partial charge >= 0.3 is 5.69 Å². The van der Waals surface area contributed by atoms with Crippen LogP contribution in [0.15, 0.2) is 14.7 Å². The zero-order valence-corrected chi connectivity index (χ0v) is 12.5. The second-order valence-corrected chi connectivity index (χ2v) is 5.57. The molecule has 120 valence electrons. The molecule has 5 N–H and O–H groups in total. The van der Waals surface area contributed by atoms with Crippen molar-refractivity contribution in [3.63, 3.8) is 0 Å². The molecule has 11 heteroatoms. The number of nitrogens with zero attached hydrogens (tertiary/aromatic N) is 3. The van der Waals surface area contributed by atoms with Crippen LogP contribution in [0, 0.1) is 0 Å². The molecule has 0 radical (unpaired) electrons. The van der Waals surface area contributed by atoms with Gasteiger partial charge in [-0.2, -0.15) is 0 Å². The molecule has 2 rings (SSSR count). The third-order valence-electron chi connectivity index (χ3n) is 2.90. The van der Waals surface area contributed by atoms with Gasteiger partial charge in [-0.1, -0.05) is 11.8 Å². The predicted octanol–water partition coefficient (Wildman–Crippen LogP) is -2.65. The van der Waals surface area contributed by atoms with Crippen LogP contribution in [0.5, 0.6) is 0 Å². The number of nitrogens with one attached hydrogen (secondary N) is 1. The lowest BCUT2D eigenvalue weighted by Crippen LogP contribution is -2.30. The summed E-state index contributed by atoms with van der Waals surface area (Å²) in [6.45, 7) is -0.725. The van der Waals surface area contributed by atoms with Gasteiger partial charge in [0, 0.05) is 12.8 Å². The quantitative estimate of drug-likeness (QED) is 0.422. The van der Waals surface area contributed by atoms with E-state index in [4.69, 9.17) is 10.8 Å². The highest BCUT2D eigenvalue weighted by Gasteiger charge is 2.19. The minimum atomic E-state index is -0.978. The number of hydrogen-bond donors (Lipinski definition) is 4. The number of primary amides is 1. The molecule has 1 amide bonds. The van der Waals surface area contributed by atoms with E-state index in [9.17, 15) is 19.5 Å². The first-order valence-electron chi connectivity index (χ1n) is 6.24. The molecule has 0 saturated heterocycles. The smallest absolute Gasteiger partial charge is 0.329 e. The Labute approximate surface area is 127 Å². The molecule has 0 aliphatic heterocycles. The van der Waals surface area contributed by atoms with Crippen LogP contribution in [0.2, 0.25) is 0 Å². The average Bonchev–Trinajstić information content (AvgIpc) is 2.80. The highest BCUT2D eigenvalue weighted by molar-refractivity contribution is 7.99. The number of imidazole rings is 1. The number of carbonyl (C=O) groups is 1. The number of hydrogen-bond acceptors (Lipinski definition) is 7. The number of amides is 1. The Kier molecular flexibility index (Phi) is 4.68. The number of aliphatic hydroxyl groups excluding tert-OH is 2. The van der Waals surface area contributed by atoms with E-state index in [1.165, 1.54) is 11.6 Å². The number of aromatic amines is 1. The van der Waals surface area contributed by atoms with Crippen LogP contribution >= 0.6 is 11.8 Å². The van der Waals surface area contributed by atoms with Gasteiger partial charge in [-0.05, 0) is 0 Å². The molecule has 1 unspecified atom stereocenters. The zero-order valence-electron chi connectivity index (χ0n) is 11.6. The number of nitrogens with two attached hydrogens (primary N) is 1. The van der Waals surface area contributed by atoms with Gasteiger partial charge in [0.25, 0.3) is 5.56 Å². The maximum absolute atomic E-state index is 12.0. The Hall–Kier alpha value is -2.11. The van der Waals surface area contributed by atoms with Crippen molar-refractivity contribution in [2.45, 2.75) is 17.8 Å². The van der Waals surface area contributed by atoms with E-state index in [1.807, 2.05) is 0 Å². The molecule has 1 atom stereocenters. The standard InChI is InChI=1S/C11H15N5O5S/c1-15-8-7(9(20)14-10(15)21)16(2-6(12)19)11(13-8)22-4-5(18)3-17/h5,17-18H,2-4H2,1H3,(H2,12,19)(H,14,20,21). The summed E-state index contributed by atoms with van der Waals surface area (Å²) in [4.78, 5) is 41.1. The second kappa shape index (κ2) is 6.34. The van der Waals surface area contributed by atoms with Crippen molar-refractivity contribution < 1.29 is 15.0 Å². The maximum Gasteiger partial charge on any atom is 0.329 e. The Balaban J connectivity index is 2.61. The van der Waals surface area contributed by atoms with Crippen LogP contribution in [0.4, 0.5) is 0 Å². The Morgan fingerprint density at radius 3 is 2.77 bits per heavy atom. The van der Waals surface area contributed by atoms with Gasteiger partial charge < -0.3 is 20.5 Å². The molecule has 10 nitrogen and oxygen atoms in total. The Morgan fingerprint density at radius 1 is 1.50 bits per heavy atom. The first-order chi connectivity index (χ1) is 10.3. The highest BCUT2D eigenvalue weighted by atomic mass is 32.2. The van der Waals surface area contributed by atoms with E-state index in [0.717, 1.165) is 16.3 Å². The highest BCUT2D eigenvalue weighted by Crippen LogP contribution is 2.21. The van der Waals surface area contributed by atoms with Crippen LogP contribution in [-0.4, -0.2) is 53.7 Å². The van der Waals surface area contributed by atoms with Crippen molar-refractivity contribution in [3.8, 4) is 0 Å². The molecule has 0 aliphatic carbocycles. The number of aryl methyl sites for hydroxylation is 1. The van der Waals surface area contributed by atoms with Gasteiger partial charge in [0.05, 0.1) is 12.7 Å². The fourth-order valence-corrected chi connectivity index (χ4v) is 2.76. The van der Waals surface area contributed by atoms with Gasteiger partial charge in [0.2, 0.25) is 5.91 Å². The number of H-pyrrole nitrogens is 1. The van der Waals surface area contributed by atoms with Gasteiger partial charge in [-0.25, -0.2) is 9.78 Å². The van der Waals surface area contributed by atoms with E-state index in [-0.39, 0.29) is 28.6 Å². The summed E-state index contributed by atoms with van der Waals surface area (Å²) in [5.74, 6) is -0.582. The van der Waals surface area contributed by atoms with Crippen LogP contribution in [0.3, 0.4) is 0 Å². The number of aliphatic hydroxyl groups is 2. The van der Waals surface area contributed by atoms with Crippen LogP contribution in [0.1, 0.15) is 0 Å². The number of thioether (sulfide) groups is 1. The topological polar surface area (TPSA) is 156 Å². The lowest BCUT2D eigenvalue weighted by atomic mass is 10.4. The van der Waals surface area contributed by atoms with Crippen molar-refractivity contribution in [3.05, 3.63) is 20.8 Å². The number of fused-ring (bicyclic) bond motifs is 1. The zero-order chi connectivity index (χ0) is 16.4. The number of rotatable bonds is 6. The lowest BCUT2D eigenvalue weighted by molar-refractivity contribution is -0.118. The van der Waals surface area contributed by atoms with Crippen LogP contribution < -0.4 is 17.0 Å². The molecule has 22 heavy (non-hydrogen) atoms. The average molecular weight is 329 g/mol. The van der Waals surface area contributed by atoms with E-state index >= 15 is 0 Å². The minimum absolute atomic E-state index is 0.0434. The summed E-state index contributed by atoms with van der Waals surface area (Å²) in [6, 6.07) is 0. The molecule has 0 fully saturated rings. The van der Waals surface area contributed by atoms with Crippen molar-refractivity contribution >= 4 is 28.8 Å². The molecule has 0 saturated carbocycles. The van der Waals surface area contributed by atoms with Crippen molar-refractivity contribution in [1.29, 1.82) is 0 Å². The third-order valence-corrected chi connectivity index (χ3v) is 4.02. The molecular formula is C11H15N5O5S. The van der Waals surface area contributed by atoms with Crippen LogP contribution in [0.25, 0.3) is 11.2 Å². The monoisotopic (exact) mass is 329 g/mol. The fourth-order valence-electron chi connectivity index (χ4n) is 1.85. The SMILES string of the molecule is Cn1c(=O)[nH]c(=O)c2c1nc(SCC(O)CO)n2CC(N)=O. The van der Waals surface area contributed by atoms with E-state index in [1.54, 1.807) is 0 Å². The van der Waals surface area contributed by atoms with Crippen molar-refractivity contribution in [2.24, 2.45) is 12.8 Å². The molecular weight excluding hydrogens is 314 g/mol. The first kappa shape index (κ1) is 16.3. The number of aromatic nitrogens is 4. The van der Waals surface area contributed by atoms with Gasteiger partial charge in [-0.3, -0.25) is 19.1 Å². The normalized spacial score (nSPS) is 12.7. The molecule has 2 aromatic heterocycles. The van der Waals surface area contributed by atoms with Crippen molar-refractivity contribution in [1.82, 2.24) is 19.1 Å². The summed E-state index contributed by atoms with van der Waals surface area (Å²) in [5, 5.41) is 18.5. The summed E-state index contributed by atoms with van der Waals surface area (Å²) in [5.41, 5.74) is 4.02. The van der Waals surface area contributed by atoms with Crippen molar-refractivity contribution in [2.75, 3.05) is 12.4 Å². The summed E-state index contributed by atoms with van der Waals surface area (Å²) < 4.78 is 2.42. The van der Waals surface area contributed by atoms with E-state index < -0.39 is 29.9 Å². The second-order valence-electron chi connectivity index (χ2n) is 4.58. The molecule has 0 aliphatic rings. The summed E-state index contributed by atoms with van der Waals surface area (Å²) in [6.07, 6.45) is -0.978. The maximum atomic E-state index is 12.0. The Bertz CT molecular complexity index is 823. The largest absolute Gasteiger partial charge is 0.394 e. The van der Waals surface area contributed by atoms with E-state index in [2.05, 4.69) is 9.97 Å². The van der Waals surface area contributed by atoms with E-state index in [0.29, 0.717) is 0 Å². The summed E-state index contributed by atoms with van der Waals surface area (Å²) >= 11 is 1.04. The van der Waals surface area contributed by atoms with Crippen LogP contribution in [-0.2, 0) is 18.4 Å². The molecule has 0 aromatic carbocycles. The first-order valence-corrected chi connectivity index (χ1v) is 7.23.